The lowest BCUT2D eigenvalue weighted by atomic mass is 10.4. The summed E-state index contributed by atoms with van der Waals surface area (Å²) in [5.41, 5.74) is 0. The fraction of sp³-hybridized carbons (Fsp3) is 0.500. The van der Waals surface area contributed by atoms with E-state index in [9.17, 15) is 18.0 Å². The molecule has 0 aromatic carbocycles. The van der Waals surface area contributed by atoms with E-state index in [1.807, 2.05) is 0 Å². The van der Waals surface area contributed by atoms with Gasteiger partial charge in [0.1, 0.15) is 7.85 Å². The molecular formula is C4H2I2O4S. The maximum absolute atomic E-state index is 10.8. The van der Waals surface area contributed by atoms with Crippen LogP contribution in [-0.4, -0.2) is 26.5 Å². The molecule has 0 saturated carbocycles. The van der Waals surface area contributed by atoms with Crippen molar-refractivity contribution < 1.29 is 18.0 Å². The number of rotatable bonds is 0. The molecule has 11 heavy (non-hydrogen) atoms. The van der Waals surface area contributed by atoms with Crippen molar-refractivity contribution in [3.05, 3.63) is 0 Å². The molecule has 1 rings (SSSR count). The fourth-order valence-corrected chi connectivity index (χ4v) is 4.85. The number of hydrogen-bond donors (Lipinski definition) is 0. The second-order valence-electron chi connectivity index (χ2n) is 1.95. The second-order valence-corrected chi connectivity index (χ2v) is 6.44. The van der Waals surface area contributed by atoms with Crippen molar-refractivity contribution in [3.8, 4) is 0 Å². The molecule has 1 heterocycles. The van der Waals surface area contributed by atoms with Crippen molar-refractivity contribution in [1.82, 2.24) is 0 Å². The Morgan fingerprint density at radius 1 is 1.00 bits per heavy atom. The van der Waals surface area contributed by atoms with Crippen LogP contribution in [0.1, 0.15) is 0 Å². The van der Waals surface area contributed by atoms with Gasteiger partial charge in [-0.3, -0.25) is 9.59 Å². The number of carbonyl (C=O) groups excluding carboxylic acids is 2. The molecule has 7 heteroatoms. The van der Waals surface area contributed by atoms with Crippen LogP contribution in [0.5, 0.6) is 0 Å². The summed E-state index contributed by atoms with van der Waals surface area (Å²) in [6.45, 7) is 0. The van der Waals surface area contributed by atoms with Crippen LogP contribution < -0.4 is 0 Å². The maximum atomic E-state index is 10.8. The lowest BCUT2D eigenvalue weighted by molar-refractivity contribution is -0.111. The quantitative estimate of drug-likeness (QED) is 0.427. The summed E-state index contributed by atoms with van der Waals surface area (Å²) in [7, 11) is -4.09. The zero-order chi connectivity index (χ0) is 8.81. The molecule has 0 bridgehead atoms. The number of sulfone groups is 1. The van der Waals surface area contributed by atoms with Crippen molar-refractivity contribution >= 4 is 65.2 Å². The molecule has 0 N–H and O–H groups in total. The van der Waals surface area contributed by atoms with Crippen LogP contribution in [0.3, 0.4) is 0 Å². The third-order valence-electron chi connectivity index (χ3n) is 1.24. The van der Waals surface area contributed by atoms with Crippen molar-refractivity contribution in [2.75, 3.05) is 0 Å². The van der Waals surface area contributed by atoms with E-state index in [0.717, 1.165) is 0 Å². The largest absolute Gasteiger partial charge is 0.280 e. The van der Waals surface area contributed by atoms with E-state index in [2.05, 4.69) is 0 Å². The minimum Gasteiger partial charge on any atom is -0.280 e. The lowest BCUT2D eigenvalue weighted by Gasteiger charge is -1.95. The first-order valence-corrected chi connectivity index (χ1v) is 6.47. The highest BCUT2D eigenvalue weighted by atomic mass is 127. The zero-order valence-electron chi connectivity index (χ0n) is 4.95. The average Bonchev–Trinajstić information content (AvgIpc) is 2.06. The standard InChI is InChI=1S/C4H2I2O4S/c5-1-2(6)4(8)11(9,10)3(1)7/h1-2H. The van der Waals surface area contributed by atoms with Gasteiger partial charge in [0.2, 0.25) is 0 Å². The first-order chi connectivity index (χ1) is 4.89. The summed E-state index contributed by atoms with van der Waals surface area (Å²) in [5, 5.41) is -1.91. The van der Waals surface area contributed by atoms with Crippen LogP contribution in [0.25, 0.3) is 0 Å². The molecule has 0 aliphatic carbocycles. The molecule has 0 amide bonds. The van der Waals surface area contributed by atoms with Crippen molar-refractivity contribution in [3.63, 3.8) is 0 Å². The van der Waals surface area contributed by atoms with Gasteiger partial charge in [0.15, 0.2) is 0 Å². The molecule has 0 aromatic rings. The van der Waals surface area contributed by atoms with E-state index in [1.165, 1.54) is 0 Å². The Hall–Kier alpha value is 0.750. The average molecular weight is 400 g/mol. The fourth-order valence-electron chi connectivity index (χ4n) is 0.635. The minimum absolute atomic E-state index is 0.717. The van der Waals surface area contributed by atoms with Crippen LogP contribution in [0.2, 0.25) is 0 Å². The second kappa shape index (κ2) is 2.91. The third kappa shape index (κ3) is 1.34. The van der Waals surface area contributed by atoms with Gasteiger partial charge in [-0.25, -0.2) is 8.42 Å². The van der Waals surface area contributed by atoms with E-state index < -0.39 is 27.9 Å². The van der Waals surface area contributed by atoms with E-state index in [0.29, 0.717) is 0 Å². The highest BCUT2D eigenvalue weighted by Gasteiger charge is 2.51. The molecule has 0 spiro atoms. The van der Waals surface area contributed by atoms with Crippen molar-refractivity contribution in [1.29, 1.82) is 0 Å². The molecule has 1 fully saturated rings. The van der Waals surface area contributed by atoms with Crippen molar-refractivity contribution in [2.45, 2.75) is 7.85 Å². The predicted molar refractivity (Wildman–Crippen MR) is 54.5 cm³/mol. The first-order valence-electron chi connectivity index (χ1n) is 2.50. The highest BCUT2D eigenvalue weighted by molar-refractivity contribution is 14.1. The molecule has 1 saturated heterocycles. The topological polar surface area (TPSA) is 68.3 Å². The van der Waals surface area contributed by atoms with Gasteiger partial charge < -0.3 is 0 Å². The Morgan fingerprint density at radius 3 is 1.36 bits per heavy atom. The zero-order valence-corrected chi connectivity index (χ0v) is 10.1. The number of halogens is 2. The van der Waals surface area contributed by atoms with Crippen LogP contribution >= 0.6 is 45.2 Å². The van der Waals surface area contributed by atoms with Gasteiger partial charge >= 0.3 is 0 Å². The molecule has 0 aromatic heterocycles. The van der Waals surface area contributed by atoms with E-state index >= 15 is 0 Å². The third-order valence-corrected chi connectivity index (χ3v) is 7.60. The molecule has 1 aliphatic heterocycles. The predicted octanol–water partition coefficient (Wildman–Crippen LogP) is 0.0752. The normalized spacial score (nSPS) is 36.2. The van der Waals surface area contributed by atoms with E-state index in [1.54, 1.807) is 45.2 Å². The highest BCUT2D eigenvalue weighted by Crippen LogP contribution is 2.29. The van der Waals surface area contributed by atoms with Crippen molar-refractivity contribution in [2.24, 2.45) is 0 Å². The Balaban J connectivity index is 3.28. The van der Waals surface area contributed by atoms with Gasteiger partial charge in [0.05, 0.1) is 0 Å². The summed E-state index contributed by atoms with van der Waals surface area (Å²) in [5.74, 6) is 0. The SMILES string of the molecule is O=C1C(I)C(I)C(=O)S1(=O)=O. The van der Waals surface area contributed by atoms with Crippen LogP contribution in [-0.2, 0) is 19.4 Å². The lowest BCUT2D eigenvalue weighted by Crippen LogP contribution is -2.15. The molecule has 0 radical (unpaired) electrons. The monoisotopic (exact) mass is 400 g/mol. The van der Waals surface area contributed by atoms with E-state index in [4.69, 9.17) is 0 Å². The summed E-state index contributed by atoms with van der Waals surface area (Å²) >= 11 is 3.33. The minimum atomic E-state index is -4.09. The van der Waals surface area contributed by atoms with Gasteiger partial charge in [-0.1, -0.05) is 45.2 Å². The summed E-state index contributed by atoms with van der Waals surface area (Å²) in [6.07, 6.45) is 0. The van der Waals surface area contributed by atoms with Gasteiger partial charge in [-0.05, 0) is 0 Å². The van der Waals surface area contributed by atoms with Gasteiger partial charge in [-0.2, -0.15) is 0 Å². The Morgan fingerprint density at radius 2 is 1.27 bits per heavy atom. The van der Waals surface area contributed by atoms with Crippen LogP contribution in [0, 0.1) is 0 Å². The van der Waals surface area contributed by atoms with Crippen LogP contribution in [0.4, 0.5) is 0 Å². The van der Waals surface area contributed by atoms with Gasteiger partial charge in [0, 0.05) is 0 Å². The summed E-state index contributed by atoms with van der Waals surface area (Å²) in [4.78, 5) is 21.7. The summed E-state index contributed by atoms with van der Waals surface area (Å²) < 4.78 is 20.2. The number of hydrogen-bond acceptors (Lipinski definition) is 4. The number of carbonyl (C=O) groups is 2. The molecule has 2 atom stereocenters. The van der Waals surface area contributed by atoms with Gasteiger partial charge in [0.25, 0.3) is 20.1 Å². The molecule has 62 valence electrons. The Kier molecular flexibility index (Phi) is 2.60. The van der Waals surface area contributed by atoms with Gasteiger partial charge in [-0.15, -0.1) is 0 Å². The molecule has 2 unspecified atom stereocenters. The van der Waals surface area contributed by atoms with Crippen LogP contribution in [0.15, 0.2) is 0 Å². The molecule has 1 aliphatic rings. The Labute approximate surface area is 90.3 Å². The Bertz CT molecular complexity index is 293. The molecule has 4 nitrogen and oxygen atoms in total. The molecular weight excluding hydrogens is 398 g/mol. The smallest absolute Gasteiger partial charge is 0.275 e. The first kappa shape index (κ1) is 9.84. The maximum Gasteiger partial charge on any atom is 0.275 e. The number of alkyl halides is 2. The summed E-state index contributed by atoms with van der Waals surface area (Å²) in [6, 6.07) is 0. The van der Waals surface area contributed by atoms with E-state index in [-0.39, 0.29) is 0 Å².